The van der Waals surface area contributed by atoms with Crippen LogP contribution < -0.4 is 10.6 Å². The second-order valence-corrected chi connectivity index (χ2v) is 4.59. The Labute approximate surface area is 127 Å². The van der Waals surface area contributed by atoms with Crippen LogP contribution in [0.15, 0.2) is 42.7 Å². The molecule has 3 rings (SSSR count). The van der Waals surface area contributed by atoms with Crippen LogP contribution in [0.2, 0.25) is 0 Å². The van der Waals surface area contributed by atoms with Crippen molar-refractivity contribution >= 4 is 28.4 Å². The zero-order chi connectivity index (χ0) is 15.2. The summed E-state index contributed by atoms with van der Waals surface area (Å²) in [5.41, 5.74) is 1.71. The molecule has 0 amide bonds. The van der Waals surface area contributed by atoms with E-state index in [4.69, 9.17) is 4.74 Å². The van der Waals surface area contributed by atoms with Gasteiger partial charge < -0.3 is 15.4 Å². The second-order valence-electron chi connectivity index (χ2n) is 4.59. The number of pyridine rings is 1. The molecule has 7 heteroatoms. The predicted octanol–water partition coefficient (Wildman–Crippen LogP) is 2.22. The molecule has 0 aliphatic rings. The van der Waals surface area contributed by atoms with E-state index in [0.29, 0.717) is 24.9 Å². The summed E-state index contributed by atoms with van der Waals surface area (Å²) in [6.45, 7) is 1.25. The van der Waals surface area contributed by atoms with Gasteiger partial charge in [-0.25, -0.2) is 0 Å². The van der Waals surface area contributed by atoms with Gasteiger partial charge in [-0.2, -0.15) is 10.1 Å². The third-order valence-electron chi connectivity index (χ3n) is 3.05. The van der Waals surface area contributed by atoms with Crippen LogP contribution in [0.4, 0.5) is 17.5 Å². The lowest BCUT2D eigenvalue weighted by Gasteiger charge is -2.08. The lowest BCUT2D eigenvalue weighted by Crippen LogP contribution is -2.10. The lowest BCUT2D eigenvalue weighted by atomic mass is 10.2. The number of nitrogens with zero attached hydrogens (tertiary/aromatic N) is 4. The maximum atomic E-state index is 4.99. The van der Waals surface area contributed by atoms with E-state index in [2.05, 4.69) is 30.8 Å². The molecular formula is C15H16N6O. The maximum Gasteiger partial charge on any atom is 0.249 e. The molecule has 0 bridgehead atoms. The summed E-state index contributed by atoms with van der Waals surface area (Å²) in [5, 5.41) is 15.3. The number of hydrogen-bond donors (Lipinski definition) is 2. The topological polar surface area (TPSA) is 84.9 Å². The van der Waals surface area contributed by atoms with Crippen LogP contribution in [0.25, 0.3) is 10.9 Å². The van der Waals surface area contributed by atoms with E-state index in [-0.39, 0.29) is 0 Å². The normalized spacial score (nSPS) is 10.6. The van der Waals surface area contributed by atoms with Gasteiger partial charge in [0.25, 0.3) is 0 Å². The summed E-state index contributed by atoms with van der Waals surface area (Å²) in [6.07, 6.45) is 3.33. The number of aromatic nitrogens is 4. The smallest absolute Gasteiger partial charge is 0.249 e. The molecule has 2 heterocycles. The third-order valence-corrected chi connectivity index (χ3v) is 3.05. The molecule has 0 atom stereocenters. The van der Waals surface area contributed by atoms with Gasteiger partial charge in [0.2, 0.25) is 5.95 Å². The molecule has 2 N–H and O–H groups in total. The zero-order valence-electron chi connectivity index (χ0n) is 12.2. The molecule has 1 aromatic carbocycles. The molecular weight excluding hydrogens is 280 g/mol. The van der Waals surface area contributed by atoms with Crippen molar-refractivity contribution < 1.29 is 4.74 Å². The lowest BCUT2D eigenvalue weighted by molar-refractivity contribution is 0.210. The second kappa shape index (κ2) is 6.77. The van der Waals surface area contributed by atoms with E-state index in [1.807, 2.05) is 30.3 Å². The van der Waals surface area contributed by atoms with Crippen molar-refractivity contribution in [3.8, 4) is 0 Å². The minimum absolute atomic E-state index is 0.417. The molecule has 0 fully saturated rings. The standard InChI is InChI=1S/C15H16N6O/c1-22-9-8-16-13-10-18-21-15(20-13)19-12-6-2-4-11-5-3-7-17-14(11)12/h2-7,10H,8-9H2,1H3,(H2,16,19,20,21). The van der Waals surface area contributed by atoms with Crippen molar-refractivity contribution in [3.05, 3.63) is 42.7 Å². The minimum atomic E-state index is 0.417. The molecule has 0 aliphatic heterocycles. The Morgan fingerprint density at radius 3 is 3.00 bits per heavy atom. The molecule has 0 saturated carbocycles. The van der Waals surface area contributed by atoms with Crippen molar-refractivity contribution in [3.63, 3.8) is 0 Å². The predicted molar refractivity (Wildman–Crippen MR) is 85.2 cm³/mol. The first-order valence-corrected chi connectivity index (χ1v) is 6.90. The SMILES string of the molecule is COCCNc1cnnc(Nc2cccc3cccnc23)n1. The van der Waals surface area contributed by atoms with Crippen molar-refractivity contribution in [2.24, 2.45) is 0 Å². The molecule has 7 nitrogen and oxygen atoms in total. The number of fused-ring (bicyclic) bond motifs is 1. The largest absolute Gasteiger partial charge is 0.383 e. The Morgan fingerprint density at radius 1 is 1.18 bits per heavy atom. The summed E-state index contributed by atoms with van der Waals surface area (Å²) in [4.78, 5) is 8.76. The van der Waals surface area contributed by atoms with Crippen LogP contribution in [-0.4, -0.2) is 40.4 Å². The van der Waals surface area contributed by atoms with E-state index < -0.39 is 0 Å². The number of methoxy groups -OCH3 is 1. The molecule has 2 aromatic heterocycles. The summed E-state index contributed by atoms with van der Waals surface area (Å²) in [5.74, 6) is 1.06. The molecule has 3 aromatic rings. The molecule has 0 aliphatic carbocycles. The van der Waals surface area contributed by atoms with E-state index in [1.165, 1.54) is 0 Å². The first-order valence-electron chi connectivity index (χ1n) is 6.90. The quantitative estimate of drug-likeness (QED) is 0.675. The highest BCUT2D eigenvalue weighted by molar-refractivity contribution is 5.91. The Morgan fingerprint density at radius 2 is 2.09 bits per heavy atom. The van der Waals surface area contributed by atoms with Crippen LogP contribution in [0.3, 0.4) is 0 Å². The highest BCUT2D eigenvalue weighted by atomic mass is 16.5. The van der Waals surface area contributed by atoms with E-state index in [0.717, 1.165) is 16.6 Å². The first kappa shape index (κ1) is 14.2. The van der Waals surface area contributed by atoms with Gasteiger partial charge in [-0.1, -0.05) is 18.2 Å². The number of benzene rings is 1. The first-order chi connectivity index (χ1) is 10.9. The van der Waals surface area contributed by atoms with Crippen molar-refractivity contribution in [1.29, 1.82) is 0 Å². The fraction of sp³-hybridized carbons (Fsp3) is 0.200. The molecule has 0 radical (unpaired) electrons. The number of anilines is 3. The van der Waals surface area contributed by atoms with E-state index >= 15 is 0 Å². The van der Waals surface area contributed by atoms with Gasteiger partial charge in [-0.3, -0.25) is 4.98 Å². The molecule has 0 unspecified atom stereocenters. The summed E-state index contributed by atoms with van der Waals surface area (Å²) < 4.78 is 4.99. The van der Waals surface area contributed by atoms with Crippen LogP contribution in [-0.2, 0) is 4.74 Å². The average molecular weight is 296 g/mol. The number of para-hydroxylation sites is 1. The van der Waals surface area contributed by atoms with Crippen LogP contribution in [0.1, 0.15) is 0 Å². The Balaban J connectivity index is 1.81. The summed E-state index contributed by atoms with van der Waals surface area (Å²) in [7, 11) is 1.65. The molecule has 112 valence electrons. The Bertz CT molecular complexity index is 758. The summed E-state index contributed by atoms with van der Waals surface area (Å²) in [6, 6.07) is 9.82. The Hall–Kier alpha value is -2.80. The maximum absolute atomic E-state index is 4.99. The van der Waals surface area contributed by atoms with Gasteiger partial charge >= 0.3 is 0 Å². The number of rotatable bonds is 6. The van der Waals surface area contributed by atoms with Crippen LogP contribution >= 0.6 is 0 Å². The van der Waals surface area contributed by atoms with Gasteiger partial charge in [0, 0.05) is 25.2 Å². The van der Waals surface area contributed by atoms with E-state index in [9.17, 15) is 0 Å². The minimum Gasteiger partial charge on any atom is -0.383 e. The van der Waals surface area contributed by atoms with Gasteiger partial charge in [0.15, 0.2) is 5.82 Å². The molecule has 22 heavy (non-hydrogen) atoms. The fourth-order valence-electron chi connectivity index (χ4n) is 2.05. The van der Waals surface area contributed by atoms with Crippen LogP contribution in [0.5, 0.6) is 0 Å². The summed E-state index contributed by atoms with van der Waals surface area (Å²) >= 11 is 0. The average Bonchev–Trinajstić information content (AvgIpc) is 2.56. The van der Waals surface area contributed by atoms with Gasteiger partial charge in [-0.15, -0.1) is 5.10 Å². The van der Waals surface area contributed by atoms with Crippen molar-refractivity contribution in [2.45, 2.75) is 0 Å². The molecule has 0 spiro atoms. The monoisotopic (exact) mass is 296 g/mol. The van der Waals surface area contributed by atoms with Gasteiger partial charge in [0.05, 0.1) is 24.0 Å². The van der Waals surface area contributed by atoms with Gasteiger partial charge in [0.1, 0.15) is 0 Å². The van der Waals surface area contributed by atoms with Crippen LogP contribution in [0, 0.1) is 0 Å². The highest BCUT2D eigenvalue weighted by Gasteiger charge is 2.05. The highest BCUT2D eigenvalue weighted by Crippen LogP contribution is 2.22. The number of nitrogens with one attached hydrogen (secondary N) is 2. The van der Waals surface area contributed by atoms with Crippen molar-refractivity contribution in [1.82, 2.24) is 20.2 Å². The van der Waals surface area contributed by atoms with Gasteiger partial charge in [-0.05, 0) is 12.1 Å². The Kier molecular flexibility index (Phi) is 4.35. The third kappa shape index (κ3) is 3.26. The molecule has 0 saturated heterocycles. The van der Waals surface area contributed by atoms with Crippen molar-refractivity contribution in [2.75, 3.05) is 30.9 Å². The number of hydrogen-bond acceptors (Lipinski definition) is 7. The fourth-order valence-corrected chi connectivity index (χ4v) is 2.05. The zero-order valence-corrected chi connectivity index (χ0v) is 12.2. The number of ether oxygens (including phenoxy) is 1. The van der Waals surface area contributed by atoms with E-state index in [1.54, 1.807) is 19.5 Å².